The average Bonchev–Trinajstić information content (AvgIpc) is 3.19. The topological polar surface area (TPSA) is 91.4 Å². The predicted molar refractivity (Wildman–Crippen MR) is 243 cm³/mol. The van der Waals surface area contributed by atoms with Crippen molar-refractivity contribution >= 4 is 17.9 Å². The lowest BCUT2D eigenvalue weighted by atomic mass is 9.92. The summed E-state index contributed by atoms with van der Waals surface area (Å²) in [6, 6.07) is 0. The summed E-state index contributed by atoms with van der Waals surface area (Å²) in [5, 5.41) is 0. The Bertz CT molecular complexity index is 852. The van der Waals surface area contributed by atoms with Crippen molar-refractivity contribution in [2.75, 3.05) is 40.5 Å². The van der Waals surface area contributed by atoms with Gasteiger partial charge in [0.05, 0.1) is 19.8 Å². The maximum atomic E-state index is 12.9. The SMILES string of the molecule is CCCCCC(CCCCC)CCOC(=O)CCCCCCCC(CCCCCCCC(=O)OCCC(CCCCC)CCCCC)OC(=O)C(C)OCCN(C)C. The highest BCUT2D eigenvalue weighted by Gasteiger charge is 2.21. The molecule has 0 aromatic rings. The van der Waals surface area contributed by atoms with Gasteiger partial charge in [0.1, 0.15) is 6.10 Å². The van der Waals surface area contributed by atoms with Crippen LogP contribution in [0, 0.1) is 11.8 Å². The molecule has 344 valence electrons. The Morgan fingerprint density at radius 3 is 1.19 bits per heavy atom. The maximum absolute atomic E-state index is 12.9. The highest BCUT2D eigenvalue weighted by molar-refractivity contribution is 5.74. The zero-order valence-corrected chi connectivity index (χ0v) is 39.6. The van der Waals surface area contributed by atoms with Crippen LogP contribution in [0.25, 0.3) is 0 Å². The van der Waals surface area contributed by atoms with Crippen LogP contribution in [0.5, 0.6) is 0 Å². The van der Waals surface area contributed by atoms with E-state index in [1.807, 2.05) is 19.0 Å². The molecule has 0 bridgehead atoms. The molecule has 0 saturated carbocycles. The van der Waals surface area contributed by atoms with Crippen LogP contribution in [-0.4, -0.2) is 75.5 Å². The van der Waals surface area contributed by atoms with Crippen LogP contribution in [0.2, 0.25) is 0 Å². The van der Waals surface area contributed by atoms with Gasteiger partial charge in [-0.3, -0.25) is 9.59 Å². The molecule has 0 fully saturated rings. The molecule has 0 aromatic heterocycles. The quantitative estimate of drug-likeness (QED) is 0.0341. The minimum atomic E-state index is -0.581. The van der Waals surface area contributed by atoms with Crippen molar-refractivity contribution in [1.29, 1.82) is 0 Å². The summed E-state index contributed by atoms with van der Waals surface area (Å²) < 4.78 is 23.0. The van der Waals surface area contributed by atoms with Crippen molar-refractivity contribution in [3.63, 3.8) is 0 Å². The first-order chi connectivity index (χ1) is 28.2. The second kappa shape index (κ2) is 42.0. The number of esters is 3. The number of hydrogen-bond donors (Lipinski definition) is 0. The second-order valence-corrected chi connectivity index (χ2v) is 17.7. The largest absolute Gasteiger partial charge is 0.466 e. The highest BCUT2D eigenvalue weighted by atomic mass is 16.6. The molecule has 58 heavy (non-hydrogen) atoms. The summed E-state index contributed by atoms with van der Waals surface area (Å²) in [5.74, 6) is 0.988. The molecule has 0 saturated heterocycles. The third-order valence-electron chi connectivity index (χ3n) is 11.8. The Kier molecular flexibility index (Phi) is 40.8. The van der Waals surface area contributed by atoms with Crippen molar-refractivity contribution in [2.24, 2.45) is 11.8 Å². The molecule has 0 amide bonds. The van der Waals surface area contributed by atoms with Crippen molar-refractivity contribution in [3.05, 3.63) is 0 Å². The number of hydrogen-bond acceptors (Lipinski definition) is 8. The molecule has 0 rings (SSSR count). The van der Waals surface area contributed by atoms with Gasteiger partial charge >= 0.3 is 17.9 Å². The Balaban J connectivity index is 4.49. The van der Waals surface area contributed by atoms with Gasteiger partial charge < -0.3 is 23.8 Å². The zero-order valence-electron chi connectivity index (χ0n) is 39.6. The van der Waals surface area contributed by atoms with E-state index in [9.17, 15) is 14.4 Å². The number of carbonyl (C=O) groups excluding carboxylic acids is 3. The second-order valence-electron chi connectivity index (χ2n) is 17.7. The summed E-state index contributed by atoms with van der Waals surface area (Å²) in [6.45, 7) is 13.2. The first-order valence-corrected chi connectivity index (χ1v) is 24.9. The van der Waals surface area contributed by atoms with Crippen molar-refractivity contribution in [3.8, 4) is 0 Å². The van der Waals surface area contributed by atoms with Gasteiger partial charge in [-0.15, -0.1) is 0 Å². The van der Waals surface area contributed by atoms with Gasteiger partial charge in [-0.05, 0) is 84.2 Å². The van der Waals surface area contributed by atoms with Crippen molar-refractivity contribution < 1.29 is 33.3 Å². The van der Waals surface area contributed by atoms with Gasteiger partial charge in [-0.1, -0.05) is 169 Å². The molecule has 0 radical (unpaired) electrons. The van der Waals surface area contributed by atoms with Crippen LogP contribution in [0.4, 0.5) is 0 Å². The number of ether oxygens (including phenoxy) is 4. The fourth-order valence-corrected chi connectivity index (χ4v) is 7.77. The van der Waals surface area contributed by atoms with Crippen LogP contribution < -0.4 is 0 Å². The summed E-state index contributed by atoms with van der Waals surface area (Å²) in [4.78, 5) is 39.8. The van der Waals surface area contributed by atoms with E-state index in [1.165, 1.54) is 103 Å². The normalized spacial score (nSPS) is 12.3. The summed E-state index contributed by atoms with van der Waals surface area (Å²) in [5.41, 5.74) is 0. The Labute approximate surface area is 359 Å². The van der Waals surface area contributed by atoms with Gasteiger partial charge in [0.2, 0.25) is 0 Å². The van der Waals surface area contributed by atoms with E-state index < -0.39 is 6.10 Å². The third-order valence-corrected chi connectivity index (χ3v) is 11.8. The molecule has 8 heteroatoms. The molecule has 0 aromatic carbocycles. The number of unbranched alkanes of at least 4 members (excludes halogenated alkanes) is 16. The predicted octanol–water partition coefficient (Wildman–Crippen LogP) is 13.7. The van der Waals surface area contributed by atoms with Crippen LogP contribution in [0.1, 0.15) is 240 Å². The molecule has 0 aliphatic rings. The van der Waals surface area contributed by atoms with E-state index in [4.69, 9.17) is 18.9 Å². The third kappa shape index (κ3) is 37.3. The minimum absolute atomic E-state index is 0.0515. The molecular formula is C50H97NO7. The van der Waals surface area contributed by atoms with Crippen LogP contribution in [0.15, 0.2) is 0 Å². The molecular weight excluding hydrogens is 727 g/mol. The lowest BCUT2D eigenvalue weighted by Crippen LogP contribution is -2.30. The standard InChI is InChI=1S/C50H97NO7/c1-8-12-22-30-45(31-23-13-9-2)38-41-56-48(52)36-28-20-16-18-26-34-47(58-50(54)44(5)55-43-40-51(6)7)35-27-19-17-21-29-37-49(53)57-42-39-46(32-24-14-10-3)33-25-15-11-4/h44-47H,8-43H2,1-7H3. The van der Waals surface area contributed by atoms with Gasteiger partial charge in [0, 0.05) is 19.4 Å². The van der Waals surface area contributed by atoms with Crippen LogP contribution in [0.3, 0.4) is 0 Å². The van der Waals surface area contributed by atoms with Crippen LogP contribution in [-0.2, 0) is 33.3 Å². The van der Waals surface area contributed by atoms with E-state index in [2.05, 4.69) is 27.7 Å². The van der Waals surface area contributed by atoms with E-state index in [0.29, 0.717) is 44.5 Å². The minimum Gasteiger partial charge on any atom is -0.466 e. The molecule has 0 spiro atoms. The lowest BCUT2D eigenvalue weighted by molar-refractivity contribution is -0.162. The molecule has 1 unspecified atom stereocenters. The van der Waals surface area contributed by atoms with E-state index in [0.717, 1.165) is 96.4 Å². The maximum Gasteiger partial charge on any atom is 0.335 e. The van der Waals surface area contributed by atoms with Crippen molar-refractivity contribution in [2.45, 2.75) is 252 Å². The van der Waals surface area contributed by atoms with E-state index in [1.54, 1.807) is 6.92 Å². The Hall–Kier alpha value is -1.67. The smallest absolute Gasteiger partial charge is 0.335 e. The Morgan fingerprint density at radius 2 is 0.810 bits per heavy atom. The van der Waals surface area contributed by atoms with Gasteiger partial charge in [-0.25, -0.2) is 4.79 Å². The fraction of sp³-hybridized carbons (Fsp3) is 0.940. The van der Waals surface area contributed by atoms with Gasteiger partial charge in [0.15, 0.2) is 6.10 Å². The van der Waals surface area contributed by atoms with E-state index in [-0.39, 0.29) is 24.0 Å². The first-order valence-electron chi connectivity index (χ1n) is 24.9. The van der Waals surface area contributed by atoms with E-state index >= 15 is 0 Å². The van der Waals surface area contributed by atoms with Crippen molar-refractivity contribution in [1.82, 2.24) is 4.90 Å². The van der Waals surface area contributed by atoms with Gasteiger partial charge in [0.25, 0.3) is 0 Å². The summed E-state index contributed by atoms with van der Waals surface area (Å²) >= 11 is 0. The van der Waals surface area contributed by atoms with Gasteiger partial charge in [-0.2, -0.15) is 0 Å². The number of rotatable bonds is 44. The number of likely N-dealkylation sites (N-methyl/N-ethyl adjacent to an activating group) is 1. The highest BCUT2D eigenvalue weighted by Crippen LogP contribution is 2.23. The lowest BCUT2D eigenvalue weighted by Gasteiger charge is -2.21. The molecule has 8 nitrogen and oxygen atoms in total. The molecule has 0 aliphatic carbocycles. The molecule has 0 heterocycles. The number of nitrogens with zero attached hydrogens (tertiary/aromatic N) is 1. The summed E-state index contributed by atoms with van der Waals surface area (Å²) in [6.07, 6.45) is 34.4. The monoisotopic (exact) mass is 824 g/mol. The molecule has 0 N–H and O–H groups in total. The summed E-state index contributed by atoms with van der Waals surface area (Å²) in [7, 11) is 3.98. The molecule has 1 atom stereocenters. The average molecular weight is 824 g/mol. The number of carbonyl (C=O) groups is 3. The fourth-order valence-electron chi connectivity index (χ4n) is 7.77. The Morgan fingerprint density at radius 1 is 0.448 bits per heavy atom. The van der Waals surface area contributed by atoms with Crippen LogP contribution >= 0.6 is 0 Å². The zero-order chi connectivity index (χ0) is 42.9. The first kappa shape index (κ1) is 56.3. The molecule has 0 aliphatic heterocycles.